The van der Waals surface area contributed by atoms with Gasteiger partial charge < -0.3 is 4.57 Å². The number of non-ortho nitro benzene ring substituents is 1. The van der Waals surface area contributed by atoms with Crippen molar-refractivity contribution in [2.75, 3.05) is 0 Å². The van der Waals surface area contributed by atoms with Crippen LogP contribution in [0.15, 0.2) is 72.2 Å². The molecule has 0 fully saturated rings. The Morgan fingerprint density at radius 1 is 1.17 bits per heavy atom. The van der Waals surface area contributed by atoms with Crippen molar-refractivity contribution in [3.05, 3.63) is 96.6 Å². The first kappa shape index (κ1) is 20.0. The molecule has 0 spiro atoms. The number of benzene rings is 2. The topological polar surface area (TPSA) is 84.8 Å². The number of halogens is 1. The van der Waals surface area contributed by atoms with Crippen LogP contribution in [0.5, 0.6) is 0 Å². The summed E-state index contributed by atoms with van der Waals surface area (Å²) in [5.41, 5.74) is 3.88. The molecule has 0 bridgehead atoms. The van der Waals surface area contributed by atoms with Crippen LogP contribution in [0.1, 0.15) is 10.7 Å². The van der Waals surface area contributed by atoms with Gasteiger partial charge in [0.2, 0.25) is 0 Å². The zero-order valence-electron chi connectivity index (χ0n) is 15.4. The predicted molar refractivity (Wildman–Crippen MR) is 126 cm³/mol. The third-order valence-electron chi connectivity index (χ3n) is 4.41. The van der Waals surface area contributed by atoms with Gasteiger partial charge in [-0.2, -0.15) is 5.26 Å². The van der Waals surface area contributed by atoms with Gasteiger partial charge in [-0.25, -0.2) is 4.98 Å². The molecule has 4 aromatic rings. The number of nitro benzene ring substituents is 1. The largest absolute Gasteiger partial charge is 0.317 e. The van der Waals surface area contributed by atoms with E-state index in [4.69, 9.17) is 0 Å². The van der Waals surface area contributed by atoms with Crippen LogP contribution >= 0.6 is 33.9 Å². The van der Waals surface area contributed by atoms with Gasteiger partial charge in [-0.15, -0.1) is 11.3 Å². The van der Waals surface area contributed by atoms with E-state index in [2.05, 4.69) is 33.6 Å². The quantitative estimate of drug-likeness (QED) is 0.135. The first-order chi connectivity index (χ1) is 14.5. The van der Waals surface area contributed by atoms with Gasteiger partial charge in [0.25, 0.3) is 5.69 Å². The summed E-state index contributed by atoms with van der Waals surface area (Å²) in [7, 11) is 0. The number of thiazole rings is 1. The van der Waals surface area contributed by atoms with Crippen molar-refractivity contribution >= 4 is 51.3 Å². The molecule has 2 heterocycles. The Hall–Kier alpha value is -3.29. The van der Waals surface area contributed by atoms with Crippen molar-refractivity contribution in [3.8, 4) is 23.0 Å². The van der Waals surface area contributed by atoms with E-state index in [1.54, 1.807) is 18.2 Å². The van der Waals surface area contributed by atoms with Gasteiger partial charge in [0, 0.05) is 44.2 Å². The Labute approximate surface area is 190 Å². The number of nitriles is 1. The van der Waals surface area contributed by atoms with Crippen molar-refractivity contribution < 1.29 is 4.92 Å². The first-order valence-corrected chi connectivity index (χ1v) is 10.8. The highest BCUT2D eigenvalue weighted by Gasteiger charge is 2.11. The molecule has 0 aliphatic rings. The summed E-state index contributed by atoms with van der Waals surface area (Å²) in [4.78, 5) is 15.1. The van der Waals surface area contributed by atoms with E-state index < -0.39 is 4.92 Å². The smallest absolute Gasteiger partial charge is 0.269 e. The van der Waals surface area contributed by atoms with Crippen LogP contribution < -0.4 is 0 Å². The Bertz CT molecular complexity index is 1280. The van der Waals surface area contributed by atoms with Gasteiger partial charge in [-0.05, 0) is 65.1 Å². The molecule has 0 atom stereocenters. The lowest BCUT2D eigenvalue weighted by molar-refractivity contribution is -0.384. The number of nitro groups is 1. The lowest BCUT2D eigenvalue weighted by Gasteiger charge is -2.06. The molecule has 0 N–H and O–H groups in total. The zero-order chi connectivity index (χ0) is 21.1. The minimum absolute atomic E-state index is 0.0339. The summed E-state index contributed by atoms with van der Waals surface area (Å²) < 4.78 is 3.02. The molecule has 146 valence electrons. The Balaban J connectivity index is 1.66. The van der Waals surface area contributed by atoms with Crippen LogP contribution in [-0.2, 0) is 0 Å². The number of hydrogen-bond donors (Lipinski definition) is 0. The number of rotatable bonds is 5. The minimum Gasteiger partial charge on any atom is -0.317 e. The zero-order valence-corrected chi connectivity index (χ0v) is 18.4. The maximum atomic E-state index is 10.9. The molecule has 0 aliphatic heterocycles. The average Bonchev–Trinajstić information content (AvgIpc) is 3.42. The molecular formula is C22H13IN4O2S. The van der Waals surface area contributed by atoms with E-state index in [1.165, 1.54) is 23.5 Å². The summed E-state index contributed by atoms with van der Waals surface area (Å²) >= 11 is 3.68. The first-order valence-electron chi connectivity index (χ1n) is 8.81. The maximum Gasteiger partial charge on any atom is 0.269 e. The van der Waals surface area contributed by atoms with E-state index in [0.717, 1.165) is 26.2 Å². The van der Waals surface area contributed by atoms with Crippen molar-refractivity contribution in [3.63, 3.8) is 0 Å². The van der Waals surface area contributed by atoms with Gasteiger partial charge in [-0.1, -0.05) is 12.1 Å². The molecule has 0 saturated heterocycles. The fourth-order valence-electron chi connectivity index (χ4n) is 2.92. The Morgan fingerprint density at radius 3 is 2.57 bits per heavy atom. The van der Waals surface area contributed by atoms with Gasteiger partial charge in [0.05, 0.1) is 16.2 Å². The maximum absolute atomic E-state index is 10.9. The van der Waals surface area contributed by atoms with Crippen LogP contribution in [0.3, 0.4) is 0 Å². The van der Waals surface area contributed by atoms with Crippen LogP contribution in [0.2, 0.25) is 0 Å². The van der Waals surface area contributed by atoms with E-state index in [0.29, 0.717) is 10.6 Å². The van der Waals surface area contributed by atoms with Gasteiger partial charge in [-0.3, -0.25) is 10.1 Å². The Kier molecular flexibility index (Phi) is 5.74. The molecule has 0 amide bonds. The molecule has 6 nitrogen and oxygen atoms in total. The SMILES string of the molecule is N#C/C(=C/c1cccn1-c1ccc([N+](=O)[O-])cc1)c1nc(-c2ccc(I)cc2)cs1. The van der Waals surface area contributed by atoms with Gasteiger partial charge in [0.1, 0.15) is 11.1 Å². The molecule has 2 aromatic heterocycles. The molecular weight excluding hydrogens is 511 g/mol. The molecule has 2 aromatic carbocycles. The number of nitrogens with zero attached hydrogens (tertiary/aromatic N) is 4. The molecule has 0 aliphatic carbocycles. The lowest BCUT2D eigenvalue weighted by atomic mass is 10.2. The van der Waals surface area contributed by atoms with Crippen molar-refractivity contribution in [1.82, 2.24) is 9.55 Å². The van der Waals surface area contributed by atoms with Crippen LogP contribution in [0.4, 0.5) is 5.69 Å². The van der Waals surface area contributed by atoms with E-state index in [-0.39, 0.29) is 5.69 Å². The molecule has 4 rings (SSSR count). The van der Waals surface area contributed by atoms with Crippen molar-refractivity contribution in [1.29, 1.82) is 5.26 Å². The van der Waals surface area contributed by atoms with Gasteiger partial charge in [0.15, 0.2) is 0 Å². The van der Waals surface area contributed by atoms with Crippen LogP contribution in [0, 0.1) is 25.0 Å². The summed E-state index contributed by atoms with van der Waals surface area (Å²) in [6.45, 7) is 0. The second-order valence-corrected chi connectivity index (χ2v) is 8.39. The standard InChI is InChI=1S/C22H13IN4O2S/c23-17-5-3-15(4-6-17)21-14-30-22(25-21)16(13-24)12-20-2-1-11-26(20)18-7-9-19(10-8-18)27(28)29/h1-12,14H/b16-12-. The second-order valence-electron chi connectivity index (χ2n) is 6.29. The van der Waals surface area contributed by atoms with E-state index >= 15 is 0 Å². The number of allylic oxidation sites excluding steroid dienone is 1. The number of hydrogen-bond acceptors (Lipinski definition) is 5. The fraction of sp³-hybridized carbons (Fsp3) is 0. The van der Waals surface area contributed by atoms with Crippen LogP contribution in [-0.4, -0.2) is 14.5 Å². The fourth-order valence-corrected chi connectivity index (χ4v) is 4.08. The molecule has 0 saturated carbocycles. The second kappa shape index (κ2) is 8.61. The van der Waals surface area contributed by atoms with Crippen LogP contribution in [0.25, 0.3) is 28.6 Å². The monoisotopic (exact) mass is 524 g/mol. The summed E-state index contributed by atoms with van der Waals surface area (Å²) in [6.07, 6.45) is 3.62. The molecule has 8 heteroatoms. The predicted octanol–water partition coefficient (Wildman–Crippen LogP) is 6.18. The third kappa shape index (κ3) is 4.17. The molecule has 0 unspecified atom stereocenters. The molecule has 30 heavy (non-hydrogen) atoms. The van der Waals surface area contributed by atoms with E-state index in [9.17, 15) is 15.4 Å². The highest BCUT2D eigenvalue weighted by Crippen LogP contribution is 2.28. The number of aromatic nitrogens is 2. The van der Waals surface area contributed by atoms with Crippen molar-refractivity contribution in [2.45, 2.75) is 0 Å². The highest BCUT2D eigenvalue weighted by molar-refractivity contribution is 14.1. The van der Waals surface area contributed by atoms with E-state index in [1.807, 2.05) is 52.5 Å². The molecule has 0 radical (unpaired) electrons. The summed E-state index contributed by atoms with van der Waals surface area (Å²) in [6, 6.07) is 20.3. The lowest BCUT2D eigenvalue weighted by Crippen LogP contribution is -1.96. The Morgan fingerprint density at radius 2 is 1.90 bits per heavy atom. The third-order valence-corrected chi connectivity index (χ3v) is 6.00. The van der Waals surface area contributed by atoms with Crippen molar-refractivity contribution in [2.24, 2.45) is 0 Å². The normalized spacial score (nSPS) is 11.3. The average molecular weight is 524 g/mol. The highest BCUT2D eigenvalue weighted by atomic mass is 127. The summed E-state index contributed by atoms with van der Waals surface area (Å²) in [5.74, 6) is 0. The minimum atomic E-state index is -0.429. The summed E-state index contributed by atoms with van der Waals surface area (Å²) in [5, 5.41) is 23.2. The van der Waals surface area contributed by atoms with Gasteiger partial charge >= 0.3 is 0 Å².